The molecule has 0 saturated carbocycles. The SMILES string of the molecule is C[C@H](NC(C(=O)OC(C)(C)C)(c1ccccc1)c1ccccc1)C(=O)O. The number of hydrogen-bond donors (Lipinski definition) is 2. The summed E-state index contributed by atoms with van der Waals surface area (Å²) >= 11 is 0. The van der Waals surface area contributed by atoms with Gasteiger partial charge in [0, 0.05) is 0 Å². The number of nitrogens with one attached hydrogen (secondary N) is 1. The highest BCUT2D eigenvalue weighted by Crippen LogP contribution is 2.33. The second-order valence-electron chi connectivity index (χ2n) is 7.19. The number of benzene rings is 2. The van der Waals surface area contributed by atoms with E-state index in [2.05, 4.69) is 5.32 Å². The van der Waals surface area contributed by atoms with Crippen molar-refractivity contribution in [2.45, 2.75) is 44.9 Å². The number of carbonyl (C=O) groups is 2. The van der Waals surface area contributed by atoms with Crippen LogP contribution in [0, 0.1) is 0 Å². The van der Waals surface area contributed by atoms with E-state index < -0.39 is 29.1 Å². The lowest BCUT2D eigenvalue weighted by atomic mass is 9.81. The van der Waals surface area contributed by atoms with Gasteiger partial charge < -0.3 is 9.84 Å². The molecule has 0 aromatic heterocycles. The predicted octanol–water partition coefficient (Wildman–Crippen LogP) is 3.33. The molecule has 0 heterocycles. The Morgan fingerprint density at radius 2 is 1.35 bits per heavy atom. The molecule has 2 aromatic carbocycles. The van der Waals surface area contributed by atoms with E-state index in [1.54, 1.807) is 45.0 Å². The molecule has 2 N–H and O–H groups in total. The maximum atomic E-state index is 13.4. The molecule has 0 unspecified atom stereocenters. The van der Waals surface area contributed by atoms with Crippen molar-refractivity contribution in [3.05, 3.63) is 71.8 Å². The van der Waals surface area contributed by atoms with Crippen LogP contribution >= 0.6 is 0 Å². The van der Waals surface area contributed by atoms with Crippen LogP contribution in [0.15, 0.2) is 60.7 Å². The third-order valence-corrected chi connectivity index (χ3v) is 3.92. The highest BCUT2D eigenvalue weighted by molar-refractivity contribution is 5.88. The summed E-state index contributed by atoms with van der Waals surface area (Å²) in [7, 11) is 0. The molecule has 0 aliphatic carbocycles. The first-order chi connectivity index (χ1) is 12.2. The quantitative estimate of drug-likeness (QED) is 0.778. The van der Waals surface area contributed by atoms with Crippen molar-refractivity contribution in [2.24, 2.45) is 0 Å². The first kappa shape index (κ1) is 19.7. The van der Waals surface area contributed by atoms with E-state index in [1.165, 1.54) is 6.92 Å². The van der Waals surface area contributed by atoms with Gasteiger partial charge in [-0.25, -0.2) is 4.79 Å². The molecular weight excluding hydrogens is 330 g/mol. The second kappa shape index (κ2) is 7.70. The Morgan fingerprint density at radius 3 is 1.69 bits per heavy atom. The average molecular weight is 355 g/mol. The third-order valence-electron chi connectivity index (χ3n) is 3.92. The van der Waals surface area contributed by atoms with Gasteiger partial charge in [-0.15, -0.1) is 0 Å². The number of hydrogen-bond acceptors (Lipinski definition) is 4. The summed E-state index contributed by atoms with van der Waals surface area (Å²) in [4.78, 5) is 24.9. The average Bonchev–Trinajstić information content (AvgIpc) is 2.59. The Kier molecular flexibility index (Phi) is 5.83. The van der Waals surface area contributed by atoms with Crippen LogP contribution < -0.4 is 5.32 Å². The molecule has 26 heavy (non-hydrogen) atoms. The highest BCUT2D eigenvalue weighted by Gasteiger charge is 2.46. The molecule has 0 amide bonds. The van der Waals surface area contributed by atoms with Gasteiger partial charge in [-0.1, -0.05) is 60.7 Å². The molecule has 5 nitrogen and oxygen atoms in total. The van der Waals surface area contributed by atoms with E-state index in [4.69, 9.17) is 4.74 Å². The first-order valence-electron chi connectivity index (χ1n) is 8.52. The molecule has 138 valence electrons. The fourth-order valence-electron chi connectivity index (χ4n) is 2.75. The van der Waals surface area contributed by atoms with Crippen LogP contribution in [-0.4, -0.2) is 28.7 Å². The van der Waals surface area contributed by atoms with E-state index in [-0.39, 0.29) is 0 Å². The van der Waals surface area contributed by atoms with Crippen LogP contribution in [0.25, 0.3) is 0 Å². The monoisotopic (exact) mass is 355 g/mol. The van der Waals surface area contributed by atoms with Crippen molar-refractivity contribution in [3.8, 4) is 0 Å². The Hall–Kier alpha value is -2.66. The van der Waals surface area contributed by atoms with Crippen LogP contribution in [0.5, 0.6) is 0 Å². The zero-order valence-electron chi connectivity index (χ0n) is 15.5. The van der Waals surface area contributed by atoms with Gasteiger partial charge in [0.05, 0.1) is 0 Å². The number of carbonyl (C=O) groups excluding carboxylic acids is 1. The fourth-order valence-corrected chi connectivity index (χ4v) is 2.75. The van der Waals surface area contributed by atoms with Gasteiger partial charge in [-0.3, -0.25) is 10.1 Å². The smallest absolute Gasteiger partial charge is 0.336 e. The molecule has 2 rings (SSSR count). The molecular formula is C21H25NO4. The van der Waals surface area contributed by atoms with Crippen molar-refractivity contribution in [1.82, 2.24) is 5.32 Å². The summed E-state index contributed by atoms with van der Waals surface area (Å²) in [5, 5.41) is 12.4. The molecule has 0 saturated heterocycles. The Bertz CT molecular complexity index is 711. The Morgan fingerprint density at radius 1 is 0.923 bits per heavy atom. The fraction of sp³-hybridized carbons (Fsp3) is 0.333. The molecule has 0 aliphatic rings. The van der Waals surface area contributed by atoms with Crippen LogP contribution in [0.1, 0.15) is 38.8 Å². The van der Waals surface area contributed by atoms with Crippen molar-refractivity contribution in [2.75, 3.05) is 0 Å². The van der Waals surface area contributed by atoms with E-state index in [9.17, 15) is 14.7 Å². The van der Waals surface area contributed by atoms with Crippen molar-refractivity contribution in [1.29, 1.82) is 0 Å². The number of carboxylic acids is 1. The van der Waals surface area contributed by atoms with Gasteiger partial charge in [0.15, 0.2) is 5.54 Å². The molecule has 2 aromatic rings. The zero-order chi connectivity index (χ0) is 19.4. The molecule has 0 aliphatic heterocycles. The number of aliphatic carboxylic acids is 1. The maximum Gasteiger partial charge on any atom is 0.336 e. The van der Waals surface area contributed by atoms with E-state index in [0.29, 0.717) is 11.1 Å². The first-order valence-corrected chi connectivity index (χ1v) is 8.52. The number of carboxylic acid groups (broad SMARTS) is 1. The van der Waals surface area contributed by atoms with Crippen molar-refractivity contribution >= 4 is 11.9 Å². The zero-order valence-corrected chi connectivity index (χ0v) is 15.5. The third kappa shape index (κ3) is 4.29. The topological polar surface area (TPSA) is 75.6 Å². The lowest BCUT2D eigenvalue weighted by molar-refractivity contribution is -0.162. The lowest BCUT2D eigenvalue weighted by Gasteiger charge is -2.37. The molecule has 0 fully saturated rings. The minimum atomic E-state index is -1.44. The van der Waals surface area contributed by atoms with Gasteiger partial charge in [-0.2, -0.15) is 0 Å². The van der Waals surface area contributed by atoms with E-state index in [1.807, 2.05) is 36.4 Å². The molecule has 5 heteroatoms. The summed E-state index contributed by atoms with van der Waals surface area (Å²) in [5.41, 5.74) is -0.921. The van der Waals surface area contributed by atoms with Gasteiger partial charge in [0.25, 0.3) is 0 Å². The van der Waals surface area contributed by atoms with Crippen molar-refractivity contribution in [3.63, 3.8) is 0 Å². The molecule has 0 spiro atoms. The van der Waals surface area contributed by atoms with Gasteiger partial charge in [0.1, 0.15) is 11.6 Å². The van der Waals surface area contributed by atoms with Crippen LogP contribution in [0.3, 0.4) is 0 Å². The maximum absolute atomic E-state index is 13.4. The summed E-state index contributed by atoms with van der Waals surface area (Å²) < 4.78 is 5.70. The summed E-state index contributed by atoms with van der Waals surface area (Å²) in [6.45, 7) is 6.86. The van der Waals surface area contributed by atoms with Crippen LogP contribution in [0.2, 0.25) is 0 Å². The molecule has 1 atom stereocenters. The van der Waals surface area contributed by atoms with Crippen LogP contribution in [0.4, 0.5) is 0 Å². The minimum Gasteiger partial charge on any atom is -0.480 e. The number of rotatable bonds is 6. The van der Waals surface area contributed by atoms with Gasteiger partial charge in [0.2, 0.25) is 0 Å². The lowest BCUT2D eigenvalue weighted by Crippen LogP contribution is -2.57. The minimum absolute atomic E-state index is 0.546. The van der Waals surface area contributed by atoms with Gasteiger partial charge >= 0.3 is 11.9 Å². The largest absolute Gasteiger partial charge is 0.480 e. The van der Waals surface area contributed by atoms with E-state index >= 15 is 0 Å². The van der Waals surface area contributed by atoms with Crippen molar-refractivity contribution < 1.29 is 19.4 Å². The van der Waals surface area contributed by atoms with Crippen LogP contribution in [-0.2, 0) is 19.9 Å². The number of ether oxygens (including phenoxy) is 1. The highest BCUT2D eigenvalue weighted by atomic mass is 16.6. The summed E-state index contributed by atoms with van der Waals surface area (Å²) in [5.74, 6) is -1.60. The Labute approximate surface area is 154 Å². The number of esters is 1. The second-order valence-corrected chi connectivity index (χ2v) is 7.19. The summed E-state index contributed by atoms with van der Waals surface area (Å²) in [6.07, 6.45) is 0. The van der Waals surface area contributed by atoms with E-state index in [0.717, 1.165) is 0 Å². The predicted molar refractivity (Wildman–Crippen MR) is 99.7 cm³/mol. The van der Waals surface area contributed by atoms with Gasteiger partial charge in [-0.05, 0) is 38.8 Å². The standard InChI is InChI=1S/C21H25NO4/c1-15(18(23)24)22-21(16-11-7-5-8-12-16,17-13-9-6-10-14-17)19(25)26-20(2,3)4/h5-15,22H,1-4H3,(H,23,24)/t15-/m0/s1. The molecule has 0 radical (unpaired) electrons. The Balaban J connectivity index is 2.70. The normalized spacial score (nSPS) is 13.1. The molecule has 0 bridgehead atoms. The summed E-state index contributed by atoms with van der Waals surface area (Å²) in [6, 6.07) is 17.1.